The molecule has 0 radical (unpaired) electrons. The molecule has 23 heavy (non-hydrogen) atoms. The Labute approximate surface area is 135 Å². The number of hydrogen-bond donors (Lipinski definition) is 1. The zero-order valence-electron chi connectivity index (χ0n) is 13.5. The van der Waals surface area contributed by atoms with Crippen molar-refractivity contribution in [1.82, 2.24) is 5.43 Å². The minimum Gasteiger partial charge on any atom is -0.493 e. The van der Waals surface area contributed by atoms with Crippen LogP contribution in [0.25, 0.3) is 0 Å². The van der Waals surface area contributed by atoms with Crippen molar-refractivity contribution in [3.8, 4) is 11.5 Å². The van der Waals surface area contributed by atoms with Gasteiger partial charge in [0.2, 0.25) is 0 Å². The number of nitrogens with one attached hydrogen (secondary N) is 1. The normalized spacial score (nSPS) is 10.6. The number of amides is 1. The van der Waals surface area contributed by atoms with Crippen LogP contribution in [0.15, 0.2) is 47.6 Å². The third kappa shape index (κ3) is 4.57. The van der Waals surface area contributed by atoms with E-state index in [1.807, 2.05) is 44.2 Å². The standard InChI is InChI=1S/C18H20N2O3/c1-4-23-17-11-14(8-9-16(17)22-3)12-19-20-18(21)15-7-5-6-13(2)10-15/h5-12H,4H2,1-3H3,(H,20,21)/b19-12+. The third-order valence-corrected chi connectivity index (χ3v) is 3.15. The molecule has 5 heteroatoms. The molecule has 0 saturated heterocycles. The van der Waals surface area contributed by atoms with Gasteiger partial charge >= 0.3 is 0 Å². The Hall–Kier alpha value is -2.82. The number of methoxy groups -OCH3 is 1. The van der Waals surface area contributed by atoms with Gasteiger partial charge in [0.05, 0.1) is 19.9 Å². The second kappa shape index (κ2) is 7.98. The fraction of sp³-hybridized carbons (Fsp3) is 0.222. The number of rotatable bonds is 6. The van der Waals surface area contributed by atoms with Gasteiger partial charge in [0.15, 0.2) is 11.5 Å². The summed E-state index contributed by atoms with van der Waals surface area (Å²) >= 11 is 0. The van der Waals surface area contributed by atoms with Crippen LogP contribution in [0, 0.1) is 6.92 Å². The summed E-state index contributed by atoms with van der Waals surface area (Å²) in [6, 6.07) is 12.8. The monoisotopic (exact) mass is 312 g/mol. The van der Waals surface area contributed by atoms with Crippen molar-refractivity contribution in [1.29, 1.82) is 0 Å². The van der Waals surface area contributed by atoms with Gasteiger partial charge in [0, 0.05) is 5.56 Å². The van der Waals surface area contributed by atoms with Crippen LogP contribution in [0.1, 0.15) is 28.4 Å². The van der Waals surface area contributed by atoms with Crippen molar-refractivity contribution in [2.24, 2.45) is 5.10 Å². The lowest BCUT2D eigenvalue weighted by molar-refractivity contribution is 0.0955. The lowest BCUT2D eigenvalue weighted by atomic mass is 10.1. The lowest BCUT2D eigenvalue weighted by Crippen LogP contribution is -2.17. The number of ether oxygens (including phenoxy) is 2. The number of carbonyl (C=O) groups is 1. The van der Waals surface area contributed by atoms with Crippen molar-refractivity contribution in [3.05, 3.63) is 59.2 Å². The van der Waals surface area contributed by atoms with Crippen LogP contribution < -0.4 is 14.9 Å². The quantitative estimate of drug-likeness (QED) is 0.658. The molecule has 0 atom stereocenters. The molecule has 1 N–H and O–H groups in total. The van der Waals surface area contributed by atoms with E-state index < -0.39 is 0 Å². The Kier molecular flexibility index (Phi) is 5.74. The van der Waals surface area contributed by atoms with Gasteiger partial charge in [-0.05, 0) is 49.7 Å². The van der Waals surface area contributed by atoms with Gasteiger partial charge in [0.1, 0.15) is 0 Å². The number of nitrogens with zero attached hydrogens (tertiary/aromatic N) is 1. The predicted octanol–water partition coefficient (Wildman–Crippen LogP) is 3.17. The highest BCUT2D eigenvalue weighted by Crippen LogP contribution is 2.27. The van der Waals surface area contributed by atoms with E-state index in [0.29, 0.717) is 23.7 Å². The SMILES string of the molecule is CCOc1cc(/C=N/NC(=O)c2cccc(C)c2)ccc1OC. The first kappa shape index (κ1) is 16.5. The van der Waals surface area contributed by atoms with E-state index in [-0.39, 0.29) is 5.91 Å². The second-order valence-corrected chi connectivity index (χ2v) is 4.91. The minimum absolute atomic E-state index is 0.247. The van der Waals surface area contributed by atoms with Crippen LogP contribution in [0.3, 0.4) is 0 Å². The zero-order valence-corrected chi connectivity index (χ0v) is 13.5. The maximum Gasteiger partial charge on any atom is 0.271 e. The summed E-state index contributed by atoms with van der Waals surface area (Å²) in [4.78, 5) is 12.0. The fourth-order valence-corrected chi connectivity index (χ4v) is 2.06. The smallest absolute Gasteiger partial charge is 0.271 e. The van der Waals surface area contributed by atoms with Crippen molar-refractivity contribution >= 4 is 12.1 Å². The number of aryl methyl sites for hydroxylation is 1. The summed E-state index contributed by atoms with van der Waals surface area (Å²) in [5.41, 5.74) is 4.92. The van der Waals surface area contributed by atoms with Gasteiger partial charge in [-0.25, -0.2) is 5.43 Å². The molecule has 0 aromatic heterocycles. The summed E-state index contributed by atoms with van der Waals surface area (Å²) in [6.07, 6.45) is 1.57. The van der Waals surface area contributed by atoms with E-state index in [2.05, 4.69) is 10.5 Å². The molecule has 0 bridgehead atoms. The number of benzene rings is 2. The van der Waals surface area contributed by atoms with Gasteiger partial charge in [0.25, 0.3) is 5.91 Å². The van der Waals surface area contributed by atoms with Crippen LogP contribution in [0.5, 0.6) is 11.5 Å². The van der Waals surface area contributed by atoms with Crippen LogP contribution in [-0.2, 0) is 0 Å². The summed E-state index contributed by atoms with van der Waals surface area (Å²) in [7, 11) is 1.59. The van der Waals surface area contributed by atoms with Crippen molar-refractivity contribution in [3.63, 3.8) is 0 Å². The Morgan fingerprint density at radius 3 is 2.74 bits per heavy atom. The predicted molar refractivity (Wildman–Crippen MR) is 90.4 cm³/mol. The van der Waals surface area contributed by atoms with E-state index in [1.54, 1.807) is 25.5 Å². The maximum atomic E-state index is 12.0. The molecular formula is C18H20N2O3. The molecule has 1 amide bonds. The maximum absolute atomic E-state index is 12.0. The van der Waals surface area contributed by atoms with Crippen LogP contribution in [-0.4, -0.2) is 25.8 Å². The minimum atomic E-state index is -0.247. The Balaban J connectivity index is 2.05. The largest absolute Gasteiger partial charge is 0.493 e. The highest BCUT2D eigenvalue weighted by atomic mass is 16.5. The van der Waals surface area contributed by atoms with Crippen molar-refractivity contribution in [2.45, 2.75) is 13.8 Å². The van der Waals surface area contributed by atoms with E-state index in [1.165, 1.54) is 0 Å². The molecular weight excluding hydrogens is 292 g/mol. The van der Waals surface area contributed by atoms with Gasteiger partial charge in [-0.3, -0.25) is 4.79 Å². The van der Waals surface area contributed by atoms with Gasteiger partial charge in [-0.1, -0.05) is 17.7 Å². The van der Waals surface area contributed by atoms with E-state index in [4.69, 9.17) is 9.47 Å². The van der Waals surface area contributed by atoms with Crippen LogP contribution in [0.2, 0.25) is 0 Å². The summed E-state index contributed by atoms with van der Waals surface area (Å²) in [5.74, 6) is 1.06. The average Bonchev–Trinajstić information content (AvgIpc) is 2.55. The number of hydrogen-bond acceptors (Lipinski definition) is 4. The second-order valence-electron chi connectivity index (χ2n) is 4.91. The van der Waals surface area contributed by atoms with Gasteiger partial charge < -0.3 is 9.47 Å². The van der Waals surface area contributed by atoms with E-state index in [9.17, 15) is 4.79 Å². The zero-order chi connectivity index (χ0) is 16.7. The van der Waals surface area contributed by atoms with Crippen molar-refractivity contribution < 1.29 is 14.3 Å². The molecule has 0 fully saturated rings. The van der Waals surface area contributed by atoms with E-state index in [0.717, 1.165) is 11.1 Å². The Bertz CT molecular complexity index is 711. The molecule has 0 aliphatic rings. The first-order chi connectivity index (χ1) is 11.1. The molecule has 2 aromatic carbocycles. The van der Waals surface area contributed by atoms with Gasteiger partial charge in [-0.2, -0.15) is 5.10 Å². The molecule has 0 aliphatic carbocycles. The van der Waals surface area contributed by atoms with Crippen molar-refractivity contribution in [2.75, 3.05) is 13.7 Å². The van der Waals surface area contributed by atoms with Crippen LogP contribution in [0.4, 0.5) is 0 Å². The summed E-state index contributed by atoms with van der Waals surface area (Å²) < 4.78 is 10.7. The molecule has 0 unspecified atom stereocenters. The number of hydrazone groups is 1. The fourth-order valence-electron chi connectivity index (χ4n) is 2.06. The number of carbonyl (C=O) groups excluding carboxylic acids is 1. The first-order valence-corrected chi connectivity index (χ1v) is 7.35. The summed E-state index contributed by atoms with van der Waals surface area (Å²) in [6.45, 7) is 4.38. The Morgan fingerprint density at radius 1 is 1.22 bits per heavy atom. The topological polar surface area (TPSA) is 59.9 Å². The highest BCUT2D eigenvalue weighted by Gasteiger charge is 2.05. The molecule has 0 heterocycles. The van der Waals surface area contributed by atoms with Gasteiger partial charge in [-0.15, -0.1) is 0 Å². The lowest BCUT2D eigenvalue weighted by Gasteiger charge is -2.09. The van der Waals surface area contributed by atoms with Crippen LogP contribution >= 0.6 is 0 Å². The molecule has 0 saturated carbocycles. The first-order valence-electron chi connectivity index (χ1n) is 7.35. The molecule has 120 valence electrons. The Morgan fingerprint density at radius 2 is 2.04 bits per heavy atom. The average molecular weight is 312 g/mol. The molecule has 2 rings (SSSR count). The molecule has 2 aromatic rings. The molecule has 5 nitrogen and oxygen atoms in total. The molecule has 0 spiro atoms. The third-order valence-electron chi connectivity index (χ3n) is 3.15. The molecule has 0 aliphatic heterocycles. The van der Waals surface area contributed by atoms with E-state index >= 15 is 0 Å². The highest BCUT2D eigenvalue weighted by molar-refractivity contribution is 5.95. The summed E-state index contributed by atoms with van der Waals surface area (Å²) in [5, 5.41) is 3.98.